The van der Waals surface area contributed by atoms with Crippen molar-refractivity contribution >= 4 is 54.0 Å². The minimum atomic E-state index is 0.805. The van der Waals surface area contributed by atoms with E-state index in [-0.39, 0.29) is 0 Å². The number of halogens is 1. The molecule has 0 amide bonds. The number of hydrogen-bond acceptors (Lipinski definition) is 2. The Morgan fingerprint density at radius 1 is 0.944 bits per heavy atom. The molecule has 0 atom stereocenters. The van der Waals surface area contributed by atoms with Crippen molar-refractivity contribution in [2.24, 2.45) is 0 Å². The van der Waals surface area contributed by atoms with Gasteiger partial charge in [0.1, 0.15) is 4.83 Å². The number of fused-ring (bicyclic) bond motifs is 5. The van der Waals surface area contributed by atoms with Crippen molar-refractivity contribution in [2.45, 2.75) is 0 Å². The van der Waals surface area contributed by atoms with Crippen LogP contribution in [0.5, 0.6) is 0 Å². The van der Waals surface area contributed by atoms with Gasteiger partial charge < -0.3 is 0 Å². The highest BCUT2D eigenvalue weighted by Crippen LogP contribution is 2.39. The predicted octanol–water partition coefficient (Wildman–Crippen LogP) is 5.26. The maximum Gasteiger partial charge on any atom is 0.125 e. The third-order valence-corrected chi connectivity index (χ3v) is 4.77. The summed E-state index contributed by atoms with van der Waals surface area (Å²) in [6, 6.07) is 14.4. The third kappa shape index (κ3) is 1.30. The number of rotatable bonds is 0. The number of nitrogens with zero attached hydrogens (tertiary/aromatic N) is 1. The molecule has 0 saturated carbocycles. The first-order valence-corrected chi connectivity index (χ1v) is 6.88. The van der Waals surface area contributed by atoms with E-state index in [2.05, 4.69) is 29.2 Å². The molecular weight excluding hydrogens is 262 g/mol. The van der Waals surface area contributed by atoms with Crippen molar-refractivity contribution in [1.29, 1.82) is 0 Å². The minimum absolute atomic E-state index is 0.805. The smallest absolute Gasteiger partial charge is 0.125 e. The summed E-state index contributed by atoms with van der Waals surface area (Å²) in [6.45, 7) is 0. The van der Waals surface area contributed by atoms with Crippen molar-refractivity contribution in [1.82, 2.24) is 4.98 Å². The Bertz CT molecular complexity index is 895. The standard InChI is InChI=1S/C15H8ClNS/c16-12-7-3-6-11-13-10-5-2-1-4-9(10)8-17-15(13)18-14(11)12/h1-8H. The topological polar surface area (TPSA) is 12.9 Å². The summed E-state index contributed by atoms with van der Waals surface area (Å²) in [5.41, 5.74) is 0. The van der Waals surface area contributed by atoms with Crippen LogP contribution in [-0.4, -0.2) is 4.98 Å². The van der Waals surface area contributed by atoms with Gasteiger partial charge in [-0.15, -0.1) is 11.3 Å². The van der Waals surface area contributed by atoms with Crippen LogP contribution < -0.4 is 0 Å². The summed E-state index contributed by atoms with van der Waals surface area (Å²) in [4.78, 5) is 5.60. The second kappa shape index (κ2) is 3.67. The van der Waals surface area contributed by atoms with Gasteiger partial charge in [0.25, 0.3) is 0 Å². The van der Waals surface area contributed by atoms with Crippen LogP contribution in [0, 0.1) is 0 Å². The third-order valence-electron chi connectivity index (χ3n) is 3.20. The molecule has 2 aromatic heterocycles. The van der Waals surface area contributed by atoms with Crippen LogP contribution in [-0.2, 0) is 0 Å². The van der Waals surface area contributed by atoms with Gasteiger partial charge >= 0.3 is 0 Å². The lowest BCUT2D eigenvalue weighted by molar-refractivity contribution is 1.48. The molecule has 18 heavy (non-hydrogen) atoms. The number of benzene rings is 2. The number of pyridine rings is 1. The lowest BCUT2D eigenvalue weighted by atomic mass is 10.1. The van der Waals surface area contributed by atoms with E-state index < -0.39 is 0 Å². The molecule has 86 valence electrons. The maximum absolute atomic E-state index is 6.26. The number of aromatic nitrogens is 1. The molecule has 0 fully saturated rings. The molecule has 0 bridgehead atoms. The Labute approximate surface area is 113 Å². The van der Waals surface area contributed by atoms with Crippen molar-refractivity contribution < 1.29 is 0 Å². The zero-order chi connectivity index (χ0) is 12.1. The van der Waals surface area contributed by atoms with Crippen LogP contribution in [0.25, 0.3) is 31.1 Å². The van der Waals surface area contributed by atoms with Crippen LogP contribution >= 0.6 is 22.9 Å². The Morgan fingerprint density at radius 3 is 2.72 bits per heavy atom. The van der Waals surface area contributed by atoms with Gasteiger partial charge in [-0.25, -0.2) is 4.98 Å². The van der Waals surface area contributed by atoms with Gasteiger partial charge in [-0.05, 0) is 11.5 Å². The van der Waals surface area contributed by atoms with E-state index in [0.29, 0.717) is 0 Å². The highest BCUT2D eigenvalue weighted by atomic mass is 35.5. The summed E-state index contributed by atoms with van der Waals surface area (Å²) in [5, 5.41) is 5.64. The van der Waals surface area contributed by atoms with Gasteiger partial charge in [-0.1, -0.05) is 48.0 Å². The molecule has 0 radical (unpaired) electrons. The quantitative estimate of drug-likeness (QED) is 0.424. The van der Waals surface area contributed by atoms with Crippen LogP contribution in [0.2, 0.25) is 5.02 Å². The molecule has 3 heteroatoms. The first-order chi connectivity index (χ1) is 8.84. The Hall–Kier alpha value is -1.64. The fraction of sp³-hybridized carbons (Fsp3) is 0. The van der Waals surface area contributed by atoms with Crippen molar-refractivity contribution in [3.63, 3.8) is 0 Å². The lowest BCUT2D eigenvalue weighted by Crippen LogP contribution is -1.77. The van der Waals surface area contributed by atoms with Crippen molar-refractivity contribution in [2.75, 3.05) is 0 Å². The average Bonchev–Trinajstić information content (AvgIpc) is 2.79. The Balaban J connectivity index is 2.37. The van der Waals surface area contributed by atoms with Gasteiger partial charge in [0.15, 0.2) is 0 Å². The number of hydrogen-bond donors (Lipinski definition) is 0. The molecule has 0 saturated heterocycles. The SMILES string of the molecule is Clc1cccc2c1sc1ncc3ccccc3c12. The van der Waals surface area contributed by atoms with Crippen LogP contribution in [0.4, 0.5) is 0 Å². The van der Waals surface area contributed by atoms with E-state index in [1.54, 1.807) is 11.3 Å². The van der Waals surface area contributed by atoms with E-state index >= 15 is 0 Å². The first-order valence-electron chi connectivity index (χ1n) is 5.69. The highest BCUT2D eigenvalue weighted by Gasteiger charge is 2.11. The van der Waals surface area contributed by atoms with Crippen molar-refractivity contribution in [3.05, 3.63) is 53.7 Å². The fourth-order valence-corrected chi connectivity index (χ4v) is 3.75. The van der Waals surface area contributed by atoms with Crippen LogP contribution in [0.3, 0.4) is 0 Å². The molecule has 2 aromatic carbocycles. The summed E-state index contributed by atoms with van der Waals surface area (Å²) >= 11 is 7.92. The Kier molecular flexibility index (Phi) is 2.10. The zero-order valence-electron chi connectivity index (χ0n) is 9.35. The van der Waals surface area contributed by atoms with Gasteiger partial charge in [0.2, 0.25) is 0 Å². The van der Waals surface area contributed by atoms with E-state index in [0.717, 1.165) is 14.6 Å². The van der Waals surface area contributed by atoms with E-state index in [1.165, 1.54) is 21.5 Å². The molecule has 0 unspecified atom stereocenters. The molecule has 0 aliphatic carbocycles. The van der Waals surface area contributed by atoms with E-state index in [1.807, 2.05) is 24.4 Å². The molecule has 0 N–H and O–H groups in total. The van der Waals surface area contributed by atoms with Gasteiger partial charge in [-0.3, -0.25) is 0 Å². The summed E-state index contributed by atoms with van der Waals surface area (Å²) in [7, 11) is 0. The van der Waals surface area contributed by atoms with Crippen molar-refractivity contribution in [3.8, 4) is 0 Å². The summed E-state index contributed by atoms with van der Waals surface area (Å²) in [5.74, 6) is 0. The monoisotopic (exact) mass is 269 g/mol. The molecule has 4 rings (SSSR count). The van der Waals surface area contributed by atoms with Crippen LogP contribution in [0.1, 0.15) is 0 Å². The van der Waals surface area contributed by atoms with Gasteiger partial charge in [0, 0.05) is 22.4 Å². The summed E-state index contributed by atoms with van der Waals surface area (Å²) < 4.78 is 1.12. The average molecular weight is 270 g/mol. The molecular formula is C15H8ClNS. The highest BCUT2D eigenvalue weighted by molar-refractivity contribution is 7.26. The minimum Gasteiger partial charge on any atom is -0.245 e. The molecule has 0 aliphatic heterocycles. The summed E-state index contributed by atoms with van der Waals surface area (Å²) in [6.07, 6.45) is 1.93. The largest absolute Gasteiger partial charge is 0.245 e. The van der Waals surface area contributed by atoms with Gasteiger partial charge in [-0.2, -0.15) is 0 Å². The molecule has 2 heterocycles. The lowest BCUT2D eigenvalue weighted by Gasteiger charge is -1.99. The molecule has 0 aliphatic rings. The zero-order valence-corrected chi connectivity index (χ0v) is 10.9. The first kappa shape index (κ1) is 10.3. The van der Waals surface area contributed by atoms with E-state index in [4.69, 9.17) is 11.6 Å². The molecule has 4 aromatic rings. The number of thiophene rings is 1. The van der Waals surface area contributed by atoms with Gasteiger partial charge in [0.05, 0.1) is 9.72 Å². The Morgan fingerprint density at radius 2 is 1.78 bits per heavy atom. The second-order valence-corrected chi connectivity index (χ2v) is 5.65. The molecule has 0 spiro atoms. The normalized spacial score (nSPS) is 11.6. The predicted molar refractivity (Wildman–Crippen MR) is 79.6 cm³/mol. The molecule has 1 nitrogen and oxygen atoms in total. The maximum atomic E-state index is 6.26. The van der Waals surface area contributed by atoms with Crippen LogP contribution in [0.15, 0.2) is 48.7 Å². The second-order valence-electron chi connectivity index (χ2n) is 4.24. The van der Waals surface area contributed by atoms with E-state index in [9.17, 15) is 0 Å². The fourth-order valence-electron chi connectivity index (χ4n) is 2.39.